The highest BCUT2D eigenvalue weighted by molar-refractivity contribution is 7.89. The number of anilines is 1. The van der Waals surface area contributed by atoms with Crippen molar-refractivity contribution in [3.8, 4) is 0 Å². The Morgan fingerprint density at radius 2 is 1.52 bits per heavy atom. The Kier molecular flexibility index (Phi) is 7.84. The van der Waals surface area contributed by atoms with Crippen LogP contribution in [0.3, 0.4) is 0 Å². The summed E-state index contributed by atoms with van der Waals surface area (Å²) in [5, 5.41) is 1.93. The molecule has 0 saturated heterocycles. The number of amides is 1. The molecule has 0 radical (unpaired) electrons. The highest BCUT2D eigenvalue weighted by atomic mass is 32.2. The zero-order chi connectivity index (χ0) is 24.0. The molecule has 0 aliphatic heterocycles. The third kappa shape index (κ3) is 5.23. The topological polar surface area (TPSA) is 84.0 Å². The van der Waals surface area contributed by atoms with Crippen molar-refractivity contribution in [3.63, 3.8) is 0 Å². The van der Waals surface area contributed by atoms with Crippen molar-refractivity contribution in [2.75, 3.05) is 31.1 Å². The average molecular weight is 469 g/mol. The molecular formula is C25H28N2O5S. The lowest BCUT2D eigenvalue weighted by molar-refractivity contribution is -0.121. The number of benzene rings is 3. The Labute approximate surface area is 194 Å². The van der Waals surface area contributed by atoms with E-state index in [-0.39, 0.29) is 16.4 Å². The van der Waals surface area contributed by atoms with E-state index in [1.54, 1.807) is 18.7 Å². The molecule has 3 aromatic carbocycles. The number of ether oxygens (including phenoxy) is 1. The summed E-state index contributed by atoms with van der Waals surface area (Å²) < 4.78 is 32.0. The van der Waals surface area contributed by atoms with E-state index < -0.39 is 22.6 Å². The molecule has 0 aromatic heterocycles. The number of hydrogen-bond donors (Lipinski definition) is 0. The van der Waals surface area contributed by atoms with Gasteiger partial charge in [0.15, 0.2) is 6.61 Å². The van der Waals surface area contributed by atoms with Gasteiger partial charge in [0.25, 0.3) is 5.91 Å². The van der Waals surface area contributed by atoms with E-state index in [0.717, 1.165) is 16.5 Å². The van der Waals surface area contributed by atoms with Crippen LogP contribution >= 0.6 is 0 Å². The maximum atomic E-state index is 12.9. The molecule has 0 atom stereocenters. The molecule has 33 heavy (non-hydrogen) atoms. The fourth-order valence-electron chi connectivity index (χ4n) is 3.71. The number of hydrogen-bond acceptors (Lipinski definition) is 5. The summed E-state index contributed by atoms with van der Waals surface area (Å²) in [6, 6.07) is 19.1. The number of nitrogens with zero attached hydrogens (tertiary/aromatic N) is 2. The predicted octanol–water partition coefficient (Wildman–Crippen LogP) is 4.08. The second-order valence-corrected chi connectivity index (χ2v) is 9.27. The minimum absolute atomic E-state index is 0.0120. The van der Waals surface area contributed by atoms with Gasteiger partial charge in [-0.3, -0.25) is 4.79 Å². The minimum Gasteiger partial charge on any atom is -0.452 e. The molecule has 0 bridgehead atoms. The molecule has 0 fully saturated rings. The summed E-state index contributed by atoms with van der Waals surface area (Å²) in [5.74, 6) is -1.12. The third-order valence-corrected chi connectivity index (χ3v) is 7.46. The highest BCUT2D eigenvalue weighted by Crippen LogP contribution is 2.27. The van der Waals surface area contributed by atoms with Crippen LogP contribution in [0.5, 0.6) is 0 Å². The second kappa shape index (κ2) is 10.6. The SMILES string of the molecule is CCN(C(=O)COC(=O)c1cccc(S(=O)(=O)N(CC)CC)c1)c1cccc2ccccc12. The molecular weight excluding hydrogens is 440 g/mol. The summed E-state index contributed by atoms with van der Waals surface area (Å²) in [6.45, 7) is 5.94. The summed E-state index contributed by atoms with van der Waals surface area (Å²) in [6.07, 6.45) is 0. The summed E-state index contributed by atoms with van der Waals surface area (Å²) in [5.41, 5.74) is 0.813. The van der Waals surface area contributed by atoms with Gasteiger partial charge >= 0.3 is 5.97 Å². The highest BCUT2D eigenvalue weighted by Gasteiger charge is 2.23. The Morgan fingerprint density at radius 3 is 2.21 bits per heavy atom. The molecule has 0 spiro atoms. The van der Waals surface area contributed by atoms with Crippen LogP contribution < -0.4 is 4.90 Å². The number of esters is 1. The van der Waals surface area contributed by atoms with E-state index in [1.807, 2.05) is 49.4 Å². The largest absolute Gasteiger partial charge is 0.452 e. The maximum Gasteiger partial charge on any atom is 0.338 e. The van der Waals surface area contributed by atoms with Crippen molar-refractivity contribution in [1.82, 2.24) is 4.31 Å². The van der Waals surface area contributed by atoms with Crippen LogP contribution in [0.15, 0.2) is 71.6 Å². The van der Waals surface area contributed by atoms with Crippen molar-refractivity contribution < 1.29 is 22.7 Å². The second-order valence-electron chi connectivity index (χ2n) is 7.33. The number of fused-ring (bicyclic) bond motifs is 1. The van der Waals surface area contributed by atoms with Gasteiger partial charge in [-0.2, -0.15) is 4.31 Å². The fourth-order valence-corrected chi connectivity index (χ4v) is 5.21. The lowest BCUT2D eigenvalue weighted by Crippen LogP contribution is -2.34. The van der Waals surface area contributed by atoms with E-state index in [9.17, 15) is 18.0 Å². The van der Waals surface area contributed by atoms with Gasteiger partial charge in [0.1, 0.15) is 0 Å². The van der Waals surface area contributed by atoms with Gasteiger partial charge in [-0.1, -0.05) is 56.3 Å². The van der Waals surface area contributed by atoms with Crippen molar-refractivity contribution in [2.24, 2.45) is 0 Å². The molecule has 8 heteroatoms. The van der Waals surface area contributed by atoms with Crippen molar-refractivity contribution in [1.29, 1.82) is 0 Å². The number of likely N-dealkylation sites (N-methyl/N-ethyl adjacent to an activating group) is 1. The number of rotatable bonds is 9. The van der Waals surface area contributed by atoms with Crippen molar-refractivity contribution in [2.45, 2.75) is 25.7 Å². The molecule has 7 nitrogen and oxygen atoms in total. The van der Waals surface area contributed by atoms with Gasteiger partial charge in [0.05, 0.1) is 16.1 Å². The summed E-state index contributed by atoms with van der Waals surface area (Å²) in [7, 11) is -3.71. The lowest BCUT2D eigenvalue weighted by Gasteiger charge is -2.22. The Hall–Kier alpha value is -3.23. The van der Waals surface area contributed by atoms with Crippen molar-refractivity contribution in [3.05, 3.63) is 72.3 Å². The lowest BCUT2D eigenvalue weighted by atomic mass is 10.1. The predicted molar refractivity (Wildman–Crippen MR) is 129 cm³/mol. The molecule has 0 saturated carbocycles. The van der Waals surface area contributed by atoms with E-state index in [1.165, 1.54) is 28.6 Å². The molecule has 0 unspecified atom stereocenters. The number of carbonyl (C=O) groups is 2. The monoisotopic (exact) mass is 468 g/mol. The third-order valence-electron chi connectivity index (χ3n) is 5.41. The first kappa shape index (κ1) is 24.4. The zero-order valence-corrected chi connectivity index (χ0v) is 19.8. The molecule has 1 amide bonds. The first-order valence-electron chi connectivity index (χ1n) is 10.9. The van der Waals surface area contributed by atoms with Gasteiger partial charge in [-0.05, 0) is 36.6 Å². The van der Waals surface area contributed by atoms with E-state index in [0.29, 0.717) is 19.6 Å². The van der Waals surface area contributed by atoms with Gasteiger partial charge in [0, 0.05) is 25.0 Å². The normalized spacial score (nSPS) is 11.5. The smallest absolute Gasteiger partial charge is 0.338 e. The van der Waals surface area contributed by atoms with E-state index in [2.05, 4.69) is 0 Å². The fraction of sp³-hybridized carbons (Fsp3) is 0.280. The van der Waals surface area contributed by atoms with Crippen LogP contribution in [-0.2, 0) is 19.6 Å². The zero-order valence-electron chi connectivity index (χ0n) is 19.0. The molecule has 0 N–H and O–H groups in total. The Balaban J connectivity index is 1.76. The van der Waals surface area contributed by atoms with Gasteiger partial charge in [-0.15, -0.1) is 0 Å². The van der Waals surface area contributed by atoms with E-state index >= 15 is 0 Å². The van der Waals surface area contributed by atoms with Gasteiger partial charge < -0.3 is 9.64 Å². The van der Waals surface area contributed by atoms with Gasteiger partial charge in [0.2, 0.25) is 10.0 Å². The Bertz CT molecular complexity index is 1250. The molecule has 0 heterocycles. The minimum atomic E-state index is -3.71. The molecule has 3 rings (SSSR count). The number of carbonyl (C=O) groups excluding carboxylic acids is 2. The average Bonchev–Trinajstić information content (AvgIpc) is 2.83. The quantitative estimate of drug-likeness (QED) is 0.442. The molecule has 0 aliphatic carbocycles. The van der Waals surface area contributed by atoms with Crippen LogP contribution in [0.1, 0.15) is 31.1 Å². The number of sulfonamides is 1. The summed E-state index contributed by atoms with van der Waals surface area (Å²) >= 11 is 0. The molecule has 174 valence electrons. The Morgan fingerprint density at radius 1 is 0.848 bits per heavy atom. The van der Waals surface area contributed by atoms with Crippen LogP contribution in [0.2, 0.25) is 0 Å². The first-order valence-corrected chi connectivity index (χ1v) is 12.3. The van der Waals surface area contributed by atoms with Crippen LogP contribution in [-0.4, -0.2) is 50.8 Å². The summed E-state index contributed by atoms with van der Waals surface area (Å²) in [4.78, 5) is 27.1. The van der Waals surface area contributed by atoms with Gasteiger partial charge in [-0.25, -0.2) is 13.2 Å². The first-order chi connectivity index (χ1) is 15.8. The van der Waals surface area contributed by atoms with Crippen molar-refractivity contribution >= 4 is 38.4 Å². The molecule has 0 aliphatic rings. The van der Waals surface area contributed by atoms with Crippen LogP contribution in [0.25, 0.3) is 10.8 Å². The standard InChI is InChI=1S/C25H28N2O5S/c1-4-26(5-2)33(30,31)21-14-9-13-20(17-21)25(29)32-18-24(28)27(6-3)23-16-10-12-19-11-7-8-15-22(19)23/h7-17H,4-6,18H2,1-3H3. The van der Waals surface area contributed by atoms with Crippen LogP contribution in [0.4, 0.5) is 5.69 Å². The molecule has 3 aromatic rings. The van der Waals surface area contributed by atoms with Crippen LogP contribution in [0, 0.1) is 0 Å². The maximum absolute atomic E-state index is 12.9. The van der Waals surface area contributed by atoms with E-state index in [4.69, 9.17) is 4.74 Å².